The third-order valence-electron chi connectivity index (χ3n) is 3.09. The first-order valence-corrected chi connectivity index (χ1v) is 7.46. The molecule has 0 aliphatic heterocycles. The maximum absolute atomic E-state index is 11.9. The fourth-order valence-corrected chi connectivity index (χ4v) is 3.40. The number of sulfonamides is 1. The number of aromatic carboxylic acids is 1. The van der Waals surface area contributed by atoms with Gasteiger partial charge in [-0.3, -0.25) is 0 Å². The van der Waals surface area contributed by atoms with E-state index in [1.807, 2.05) is 0 Å². The van der Waals surface area contributed by atoms with E-state index in [-0.39, 0.29) is 17.9 Å². The molecule has 0 unspecified atom stereocenters. The maximum atomic E-state index is 11.9. The van der Waals surface area contributed by atoms with Gasteiger partial charge in [0, 0.05) is 0 Å². The quantitative estimate of drug-likeness (QED) is 0.698. The normalized spacial score (nSPS) is 17.1. The molecule has 0 bridgehead atoms. The van der Waals surface area contributed by atoms with Crippen LogP contribution in [0.15, 0.2) is 24.3 Å². The fourth-order valence-electron chi connectivity index (χ4n) is 1.77. The van der Waals surface area contributed by atoms with Gasteiger partial charge in [0.25, 0.3) is 0 Å². The van der Waals surface area contributed by atoms with Crippen LogP contribution in [-0.2, 0) is 15.8 Å². The second-order valence-corrected chi connectivity index (χ2v) is 6.52. The number of benzene rings is 1. The first kappa shape index (κ1) is 14.0. The summed E-state index contributed by atoms with van der Waals surface area (Å²) in [5, 5.41) is 17.8. The minimum absolute atomic E-state index is 0.114. The number of carboxylic acids is 1. The third kappa shape index (κ3) is 3.52. The highest BCUT2D eigenvalue weighted by atomic mass is 32.2. The Balaban J connectivity index is 2.05. The maximum Gasteiger partial charge on any atom is 0.335 e. The Hall–Kier alpha value is -1.44. The highest BCUT2D eigenvalue weighted by molar-refractivity contribution is 7.88. The summed E-state index contributed by atoms with van der Waals surface area (Å²) >= 11 is 0. The van der Waals surface area contributed by atoms with Crippen LogP contribution in [0.2, 0.25) is 0 Å². The molecule has 1 aromatic carbocycles. The Bertz CT molecular complexity index is 575. The van der Waals surface area contributed by atoms with Gasteiger partial charge in [-0.1, -0.05) is 12.1 Å². The molecule has 0 radical (unpaired) electrons. The summed E-state index contributed by atoms with van der Waals surface area (Å²) < 4.78 is 26.3. The van der Waals surface area contributed by atoms with Crippen LogP contribution in [0, 0.1) is 0 Å². The van der Waals surface area contributed by atoms with Crippen molar-refractivity contribution in [1.29, 1.82) is 0 Å². The van der Waals surface area contributed by atoms with Gasteiger partial charge in [-0.25, -0.2) is 17.9 Å². The molecule has 1 aromatic rings. The Morgan fingerprint density at radius 1 is 1.26 bits per heavy atom. The van der Waals surface area contributed by atoms with Crippen LogP contribution in [0.25, 0.3) is 0 Å². The molecule has 3 N–H and O–H groups in total. The predicted octanol–water partition coefficient (Wildman–Crippen LogP) is 0.329. The van der Waals surface area contributed by atoms with Gasteiger partial charge in [0.15, 0.2) is 0 Å². The lowest BCUT2D eigenvalue weighted by Gasteiger charge is -2.14. The summed E-state index contributed by atoms with van der Waals surface area (Å²) in [4.78, 5) is 10.7. The molecule has 0 spiro atoms. The zero-order valence-electron chi connectivity index (χ0n) is 10.2. The summed E-state index contributed by atoms with van der Waals surface area (Å²) in [5.74, 6) is -1.28. The molecule has 19 heavy (non-hydrogen) atoms. The summed E-state index contributed by atoms with van der Waals surface area (Å²) in [5.41, 5.74) is -0.0609. The minimum Gasteiger partial charge on any atom is -0.478 e. The number of hydrogen-bond acceptors (Lipinski definition) is 4. The van der Waals surface area contributed by atoms with Crippen molar-refractivity contribution >= 4 is 16.0 Å². The Labute approximate surface area is 111 Å². The van der Waals surface area contributed by atoms with Crippen molar-refractivity contribution in [1.82, 2.24) is 4.72 Å². The lowest BCUT2D eigenvalue weighted by Crippen LogP contribution is -2.40. The topological polar surface area (TPSA) is 104 Å². The van der Waals surface area contributed by atoms with Crippen LogP contribution < -0.4 is 4.72 Å². The van der Waals surface area contributed by atoms with Crippen LogP contribution in [0.3, 0.4) is 0 Å². The summed E-state index contributed by atoms with van der Waals surface area (Å²) in [6.45, 7) is -0.204. The highest BCUT2D eigenvalue weighted by Gasteiger charge is 2.45. The summed E-state index contributed by atoms with van der Waals surface area (Å²) in [7, 11) is -3.53. The lowest BCUT2D eigenvalue weighted by atomic mass is 10.1. The van der Waals surface area contributed by atoms with Crippen LogP contribution in [0.1, 0.15) is 28.8 Å². The van der Waals surface area contributed by atoms with Gasteiger partial charge in [0.2, 0.25) is 10.0 Å². The molecule has 0 saturated heterocycles. The van der Waals surface area contributed by atoms with E-state index in [9.17, 15) is 13.2 Å². The second-order valence-electron chi connectivity index (χ2n) is 4.80. The molecule has 0 heterocycles. The summed E-state index contributed by atoms with van der Waals surface area (Å²) in [6, 6.07) is 5.68. The molecule has 1 saturated carbocycles. The predicted molar refractivity (Wildman–Crippen MR) is 68.2 cm³/mol. The molecule has 1 aliphatic rings. The van der Waals surface area contributed by atoms with E-state index in [4.69, 9.17) is 10.2 Å². The van der Waals surface area contributed by atoms with Gasteiger partial charge in [0.1, 0.15) is 0 Å². The van der Waals surface area contributed by atoms with Gasteiger partial charge in [-0.15, -0.1) is 0 Å². The van der Waals surface area contributed by atoms with Gasteiger partial charge in [-0.05, 0) is 30.5 Å². The number of aliphatic hydroxyl groups excluding tert-OH is 1. The molecule has 0 amide bonds. The zero-order valence-corrected chi connectivity index (χ0v) is 11.0. The fraction of sp³-hybridized carbons (Fsp3) is 0.417. The monoisotopic (exact) mass is 285 g/mol. The minimum atomic E-state index is -3.53. The Morgan fingerprint density at radius 3 is 2.26 bits per heavy atom. The largest absolute Gasteiger partial charge is 0.478 e. The number of nitrogens with one attached hydrogen (secondary N) is 1. The number of aliphatic hydroxyl groups is 1. The molecule has 104 valence electrons. The van der Waals surface area contributed by atoms with Crippen LogP contribution in [-0.4, -0.2) is 36.7 Å². The SMILES string of the molecule is O=C(O)c1ccc(CS(=O)(=O)NC2(CO)CC2)cc1. The van der Waals surface area contributed by atoms with E-state index in [1.165, 1.54) is 24.3 Å². The molecular weight excluding hydrogens is 270 g/mol. The van der Waals surface area contributed by atoms with Crippen LogP contribution in [0.5, 0.6) is 0 Å². The van der Waals surface area contributed by atoms with Crippen LogP contribution in [0.4, 0.5) is 0 Å². The number of carbonyl (C=O) groups is 1. The van der Waals surface area contributed by atoms with Crippen molar-refractivity contribution in [3.05, 3.63) is 35.4 Å². The summed E-state index contributed by atoms with van der Waals surface area (Å²) in [6.07, 6.45) is 1.28. The molecule has 2 rings (SSSR count). The lowest BCUT2D eigenvalue weighted by molar-refractivity contribution is 0.0697. The molecule has 7 heteroatoms. The molecule has 0 atom stereocenters. The standard InChI is InChI=1S/C12H15NO5S/c14-8-12(5-6-12)13-19(17,18)7-9-1-3-10(4-2-9)11(15)16/h1-4,13-14H,5-8H2,(H,15,16). The van der Waals surface area contributed by atoms with Gasteiger partial charge >= 0.3 is 5.97 Å². The van der Waals surface area contributed by atoms with Gasteiger partial charge < -0.3 is 10.2 Å². The van der Waals surface area contributed by atoms with E-state index < -0.39 is 21.5 Å². The van der Waals surface area contributed by atoms with E-state index in [0.29, 0.717) is 18.4 Å². The second kappa shape index (κ2) is 4.92. The van der Waals surface area contributed by atoms with Crippen molar-refractivity contribution in [2.24, 2.45) is 0 Å². The molecule has 1 fully saturated rings. The van der Waals surface area contributed by atoms with E-state index in [2.05, 4.69) is 4.72 Å². The number of hydrogen-bond donors (Lipinski definition) is 3. The van der Waals surface area contributed by atoms with E-state index >= 15 is 0 Å². The van der Waals surface area contributed by atoms with Crippen molar-refractivity contribution in [3.63, 3.8) is 0 Å². The van der Waals surface area contributed by atoms with Crippen molar-refractivity contribution in [2.75, 3.05) is 6.61 Å². The van der Waals surface area contributed by atoms with Crippen LogP contribution >= 0.6 is 0 Å². The zero-order chi connectivity index (χ0) is 14.1. The van der Waals surface area contributed by atoms with Gasteiger partial charge in [0.05, 0.1) is 23.5 Å². The third-order valence-corrected chi connectivity index (χ3v) is 4.54. The number of rotatable bonds is 6. The van der Waals surface area contributed by atoms with E-state index in [1.54, 1.807) is 0 Å². The number of carboxylic acid groups (broad SMARTS) is 1. The first-order chi connectivity index (χ1) is 8.86. The Morgan fingerprint density at radius 2 is 1.84 bits per heavy atom. The smallest absolute Gasteiger partial charge is 0.335 e. The molecule has 1 aliphatic carbocycles. The van der Waals surface area contributed by atoms with Crippen molar-refractivity contribution in [3.8, 4) is 0 Å². The van der Waals surface area contributed by atoms with Crippen molar-refractivity contribution < 1.29 is 23.4 Å². The molecule has 6 nitrogen and oxygen atoms in total. The van der Waals surface area contributed by atoms with E-state index in [0.717, 1.165) is 0 Å². The molecule has 0 aromatic heterocycles. The average Bonchev–Trinajstić information content (AvgIpc) is 3.08. The van der Waals surface area contributed by atoms with Crippen molar-refractivity contribution in [2.45, 2.75) is 24.1 Å². The highest BCUT2D eigenvalue weighted by Crippen LogP contribution is 2.35. The van der Waals surface area contributed by atoms with Gasteiger partial charge in [-0.2, -0.15) is 0 Å². The average molecular weight is 285 g/mol. The first-order valence-electron chi connectivity index (χ1n) is 5.81. The molecular formula is C12H15NO5S. The Kier molecular flexibility index (Phi) is 3.62.